The van der Waals surface area contributed by atoms with Crippen LogP contribution in [0.15, 0.2) is 0 Å². The zero-order valence-corrected chi connectivity index (χ0v) is 9.76. The van der Waals surface area contributed by atoms with E-state index in [0.717, 1.165) is 45.7 Å². The molecule has 2 saturated heterocycles. The highest BCUT2D eigenvalue weighted by Gasteiger charge is 2.34. The van der Waals surface area contributed by atoms with Crippen molar-refractivity contribution in [3.05, 3.63) is 0 Å². The maximum atomic E-state index is 11.4. The second-order valence-corrected chi connectivity index (χ2v) is 4.48. The molecule has 2 heterocycles. The van der Waals surface area contributed by atoms with Crippen molar-refractivity contribution in [2.45, 2.75) is 19.4 Å². The predicted octanol–water partition coefficient (Wildman–Crippen LogP) is -0.619. The molecule has 0 spiro atoms. The third kappa shape index (κ3) is 2.19. The minimum atomic E-state index is 0.253. The molecule has 0 aromatic heterocycles. The molecule has 2 fully saturated rings. The fourth-order valence-corrected chi connectivity index (χ4v) is 2.32. The summed E-state index contributed by atoms with van der Waals surface area (Å²) in [5.41, 5.74) is 0. The van der Waals surface area contributed by atoms with Crippen LogP contribution in [-0.4, -0.2) is 72.3 Å². The van der Waals surface area contributed by atoms with Gasteiger partial charge in [0.15, 0.2) is 0 Å². The highest BCUT2D eigenvalue weighted by atomic mass is 16.2. The van der Waals surface area contributed by atoms with Gasteiger partial charge in [-0.15, -0.1) is 0 Å². The molecule has 0 unspecified atom stereocenters. The molecule has 2 aliphatic heterocycles. The standard InChI is InChI=1S/C11H19N3O2/c1-2-11(16)14-7-10(8-14)13-5-3-12(9-15)4-6-13/h9-10H,2-8H2,1H3. The van der Waals surface area contributed by atoms with Gasteiger partial charge in [-0.25, -0.2) is 0 Å². The first-order valence-corrected chi connectivity index (χ1v) is 5.95. The first kappa shape index (κ1) is 11.4. The summed E-state index contributed by atoms with van der Waals surface area (Å²) < 4.78 is 0. The van der Waals surface area contributed by atoms with Crippen LogP contribution in [-0.2, 0) is 9.59 Å². The molecular weight excluding hydrogens is 206 g/mol. The zero-order valence-electron chi connectivity index (χ0n) is 9.76. The van der Waals surface area contributed by atoms with Crippen LogP contribution >= 0.6 is 0 Å². The summed E-state index contributed by atoms with van der Waals surface area (Å²) in [6.45, 7) is 7.17. The summed E-state index contributed by atoms with van der Waals surface area (Å²) in [5, 5.41) is 0. The molecule has 0 bridgehead atoms. The van der Waals surface area contributed by atoms with E-state index in [1.54, 1.807) is 0 Å². The fraction of sp³-hybridized carbons (Fsp3) is 0.818. The molecule has 2 amide bonds. The molecule has 0 aromatic rings. The van der Waals surface area contributed by atoms with E-state index in [9.17, 15) is 9.59 Å². The smallest absolute Gasteiger partial charge is 0.222 e. The van der Waals surface area contributed by atoms with Gasteiger partial charge in [0, 0.05) is 51.7 Å². The number of amides is 2. The van der Waals surface area contributed by atoms with Crippen molar-refractivity contribution in [2.75, 3.05) is 39.3 Å². The molecule has 90 valence electrons. The molecule has 0 aromatic carbocycles. The maximum absolute atomic E-state index is 11.4. The Labute approximate surface area is 96.0 Å². The third-order valence-corrected chi connectivity index (χ3v) is 3.53. The molecular formula is C11H19N3O2. The van der Waals surface area contributed by atoms with Crippen molar-refractivity contribution in [1.29, 1.82) is 0 Å². The average Bonchev–Trinajstić information content (AvgIpc) is 2.27. The van der Waals surface area contributed by atoms with Crippen molar-refractivity contribution in [3.63, 3.8) is 0 Å². The molecule has 0 saturated carbocycles. The van der Waals surface area contributed by atoms with Crippen LogP contribution in [0.25, 0.3) is 0 Å². The Morgan fingerprint density at radius 3 is 2.38 bits per heavy atom. The lowest BCUT2D eigenvalue weighted by Crippen LogP contribution is -2.64. The van der Waals surface area contributed by atoms with Crippen LogP contribution in [0.5, 0.6) is 0 Å². The number of carbonyl (C=O) groups is 2. The van der Waals surface area contributed by atoms with Gasteiger partial charge in [-0.05, 0) is 0 Å². The van der Waals surface area contributed by atoms with E-state index < -0.39 is 0 Å². The normalized spacial score (nSPS) is 23.1. The SMILES string of the molecule is CCC(=O)N1CC(N2CCN(C=O)CC2)C1. The predicted molar refractivity (Wildman–Crippen MR) is 59.9 cm³/mol. The summed E-state index contributed by atoms with van der Waals surface area (Å²) in [5.74, 6) is 0.253. The van der Waals surface area contributed by atoms with Gasteiger partial charge in [-0.3, -0.25) is 14.5 Å². The van der Waals surface area contributed by atoms with Crippen LogP contribution in [0.2, 0.25) is 0 Å². The van der Waals surface area contributed by atoms with Gasteiger partial charge in [0.25, 0.3) is 0 Å². The number of hydrogen-bond donors (Lipinski definition) is 0. The van der Waals surface area contributed by atoms with Crippen molar-refractivity contribution in [2.24, 2.45) is 0 Å². The summed E-state index contributed by atoms with van der Waals surface area (Å²) in [7, 11) is 0. The first-order chi connectivity index (χ1) is 7.74. The lowest BCUT2D eigenvalue weighted by Gasteiger charge is -2.47. The van der Waals surface area contributed by atoms with E-state index in [-0.39, 0.29) is 5.91 Å². The van der Waals surface area contributed by atoms with Crippen LogP contribution in [0.3, 0.4) is 0 Å². The quantitative estimate of drug-likeness (QED) is 0.601. The Morgan fingerprint density at radius 2 is 1.88 bits per heavy atom. The highest BCUT2D eigenvalue weighted by molar-refractivity contribution is 5.76. The summed E-state index contributed by atoms with van der Waals surface area (Å²) in [6.07, 6.45) is 1.52. The summed E-state index contributed by atoms with van der Waals surface area (Å²) >= 11 is 0. The second kappa shape index (κ2) is 4.82. The zero-order chi connectivity index (χ0) is 11.5. The number of rotatable bonds is 3. The molecule has 0 aliphatic carbocycles. The summed E-state index contributed by atoms with van der Waals surface area (Å²) in [4.78, 5) is 28.0. The van der Waals surface area contributed by atoms with E-state index in [0.29, 0.717) is 12.5 Å². The minimum absolute atomic E-state index is 0.253. The van der Waals surface area contributed by atoms with Crippen LogP contribution < -0.4 is 0 Å². The number of carbonyl (C=O) groups excluding carboxylic acids is 2. The van der Waals surface area contributed by atoms with Crippen LogP contribution in [0, 0.1) is 0 Å². The van der Waals surface area contributed by atoms with Crippen LogP contribution in [0.4, 0.5) is 0 Å². The number of nitrogens with zero attached hydrogens (tertiary/aromatic N) is 3. The average molecular weight is 225 g/mol. The third-order valence-electron chi connectivity index (χ3n) is 3.53. The van der Waals surface area contributed by atoms with Gasteiger partial charge in [0.05, 0.1) is 0 Å². The van der Waals surface area contributed by atoms with Gasteiger partial charge in [0.2, 0.25) is 12.3 Å². The van der Waals surface area contributed by atoms with Crippen LogP contribution in [0.1, 0.15) is 13.3 Å². The molecule has 2 aliphatic rings. The van der Waals surface area contributed by atoms with Crippen molar-refractivity contribution in [1.82, 2.24) is 14.7 Å². The molecule has 0 atom stereocenters. The topological polar surface area (TPSA) is 43.9 Å². The number of likely N-dealkylation sites (tertiary alicyclic amines) is 1. The minimum Gasteiger partial charge on any atom is -0.343 e. The van der Waals surface area contributed by atoms with Gasteiger partial charge >= 0.3 is 0 Å². The number of hydrogen-bond acceptors (Lipinski definition) is 3. The molecule has 5 heteroatoms. The van der Waals surface area contributed by atoms with Crippen molar-refractivity contribution in [3.8, 4) is 0 Å². The molecule has 5 nitrogen and oxygen atoms in total. The van der Waals surface area contributed by atoms with Crippen molar-refractivity contribution >= 4 is 12.3 Å². The van der Waals surface area contributed by atoms with E-state index in [4.69, 9.17) is 0 Å². The van der Waals surface area contributed by atoms with Gasteiger partial charge in [-0.2, -0.15) is 0 Å². The maximum Gasteiger partial charge on any atom is 0.222 e. The van der Waals surface area contributed by atoms with Gasteiger partial charge < -0.3 is 9.80 Å². The Bertz CT molecular complexity index is 268. The Kier molecular flexibility index (Phi) is 3.43. The summed E-state index contributed by atoms with van der Waals surface area (Å²) in [6, 6.07) is 0.518. The Hall–Kier alpha value is -1.10. The highest BCUT2D eigenvalue weighted by Crippen LogP contribution is 2.17. The lowest BCUT2D eigenvalue weighted by atomic mass is 10.1. The molecule has 2 rings (SSSR count). The first-order valence-electron chi connectivity index (χ1n) is 5.95. The number of piperazine rings is 1. The fourth-order valence-electron chi connectivity index (χ4n) is 2.32. The molecule has 0 radical (unpaired) electrons. The molecule has 16 heavy (non-hydrogen) atoms. The molecule has 0 N–H and O–H groups in total. The largest absolute Gasteiger partial charge is 0.343 e. The van der Waals surface area contributed by atoms with E-state index in [2.05, 4.69) is 4.90 Å². The second-order valence-electron chi connectivity index (χ2n) is 4.48. The Morgan fingerprint density at radius 1 is 1.25 bits per heavy atom. The Balaban J connectivity index is 1.72. The monoisotopic (exact) mass is 225 g/mol. The van der Waals surface area contributed by atoms with E-state index in [1.165, 1.54) is 0 Å². The van der Waals surface area contributed by atoms with Gasteiger partial charge in [0.1, 0.15) is 0 Å². The van der Waals surface area contributed by atoms with Gasteiger partial charge in [-0.1, -0.05) is 6.92 Å². The van der Waals surface area contributed by atoms with E-state index >= 15 is 0 Å². The van der Waals surface area contributed by atoms with E-state index in [1.807, 2.05) is 16.7 Å². The van der Waals surface area contributed by atoms with Crippen molar-refractivity contribution < 1.29 is 9.59 Å². The lowest BCUT2D eigenvalue weighted by molar-refractivity contribution is -0.139.